The summed E-state index contributed by atoms with van der Waals surface area (Å²) in [6.45, 7) is 8.10. The first-order valence-corrected chi connectivity index (χ1v) is 7.27. The Hall–Kier alpha value is -2.36. The van der Waals surface area contributed by atoms with Crippen molar-refractivity contribution in [1.82, 2.24) is 4.98 Å². The zero-order valence-electron chi connectivity index (χ0n) is 12.6. The summed E-state index contributed by atoms with van der Waals surface area (Å²) < 4.78 is 5.95. The summed E-state index contributed by atoms with van der Waals surface area (Å²) in [5.74, 6) is 0.662. The van der Waals surface area contributed by atoms with Crippen molar-refractivity contribution in [3.8, 4) is 11.5 Å². The van der Waals surface area contributed by atoms with E-state index in [2.05, 4.69) is 29.8 Å². The van der Waals surface area contributed by atoms with Crippen LogP contribution in [0.15, 0.2) is 34.7 Å². The van der Waals surface area contributed by atoms with E-state index in [1.165, 1.54) is 0 Å². The van der Waals surface area contributed by atoms with Gasteiger partial charge < -0.3 is 14.7 Å². The number of fused-ring (bicyclic) bond motifs is 2. The third-order valence-corrected chi connectivity index (χ3v) is 3.84. The maximum absolute atomic E-state index is 7.88. The molecule has 0 aromatic heterocycles. The van der Waals surface area contributed by atoms with Gasteiger partial charge in [-0.05, 0) is 44.5 Å². The van der Waals surface area contributed by atoms with Crippen molar-refractivity contribution in [2.45, 2.75) is 20.8 Å². The Bertz CT molecular complexity index is 818. The summed E-state index contributed by atoms with van der Waals surface area (Å²) in [7, 11) is 0. The maximum Gasteiger partial charge on any atom is 0.155 e. The van der Waals surface area contributed by atoms with Crippen LogP contribution < -0.4 is 10.3 Å². The molecule has 0 fully saturated rings. The Balaban J connectivity index is 2.22. The number of rotatable bonds is 3. The van der Waals surface area contributed by atoms with Crippen molar-refractivity contribution >= 4 is 16.8 Å². The average Bonchev–Trinajstić information content (AvgIpc) is 2.48. The second-order valence-electron chi connectivity index (χ2n) is 5.17. The van der Waals surface area contributed by atoms with Crippen molar-refractivity contribution in [3.05, 3.63) is 41.3 Å². The fourth-order valence-corrected chi connectivity index (χ4v) is 2.55. The van der Waals surface area contributed by atoms with Gasteiger partial charge in [-0.15, -0.1) is 0 Å². The van der Waals surface area contributed by atoms with E-state index in [0.717, 1.165) is 41.1 Å². The van der Waals surface area contributed by atoms with E-state index >= 15 is 0 Å². The van der Waals surface area contributed by atoms with Gasteiger partial charge in [-0.2, -0.15) is 0 Å². The van der Waals surface area contributed by atoms with Crippen LogP contribution in [0.25, 0.3) is 22.6 Å². The van der Waals surface area contributed by atoms with E-state index in [-0.39, 0.29) is 0 Å². The highest BCUT2D eigenvalue weighted by Gasteiger charge is 2.11. The lowest BCUT2D eigenvalue weighted by molar-refractivity contribution is 0.611. The zero-order chi connectivity index (χ0) is 15.0. The summed E-state index contributed by atoms with van der Waals surface area (Å²) >= 11 is 0. The van der Waals surface area contributed by atoms with Crippen LogP contribution >= 0.6 is 0 Å². The van der Waals surface area contributed by atoms with Gasteiger partial charge in [0.1, 0.15) is 11.2 Å². The molecule has 0 saturated carbocycles. The second-order valence-corrected chi connectivity index (χ2v) is 5.17. The van der Waals surface area contributed by atoms with Gasteiger partial charge in [0.05, 0.1) is 5.36 Å². The molecule has 0 amide bonds. The largest absolute Gasteiger partial charge is 0.453 e. The summed E-state index contributed by atoms with van der Waals surface area (Å²) in [5.41, 5.74) is 4.44. The van der Waals surface area contributed by atoms with Crippen LogP contribution in [-0.2, 0) is 0 Å². The van der Waals surface area contributed by atoms with Gasteiger partial charge in [-0.1, -0.05) is 0 Å². The number of aromatic nitrogens is 1. The molecule has 108 valence electrons. The summed E-state index contributed by atoms with van der Waals surface area (Å²) in [6.07, 6.45) is 0. The number of benzene rings is 2. The fraction of sp³-hybridized carbons (Fsp3) is 0.294. The summed E-state index contributed by atoms with van der Waals surface area (Å²) in [6, 6.07) is 9.74. The molecule has 1 heterocycles. The minimum absolute atomic E-state index is 0.479. The lowest BCUT2D eigenvalue weighted by atomic mass is 10.1. The minimum atomic E-state index is 0.479. The monoisotopic (exact) mass is 281 g/mol. The van der Waals surface area contributed by atoms with Gasteiger partial charge in [0.2, 0.25) is 0 Å². The molecule has 0 atom stereocenters. The predicted octanol–water partition coefficient (Wildman–Crippen LogP) is 3.57. The smallest absolute Gasteiger partial charge is 0.155 e. The highest BCUT2D eigenvalue weighted by molar-refractivity contribution is 5.80. The molecule has 4 heteroatoms. The Morgan fingerprint density at radius 2 is 1.90 bits per heavy atom. The van der Waals surface area contributed by atoms with E-state index in [1.807, 2.05) is 25.1 Å². The fourth-order valence-electron chi connectivity index (χ4n) is 2.55. The number of aryl methyl sites for hydroxylation is 1. The van der Waals surface area contributed by atoms with Crippen molar-refractivity contribution < 1.29 is 4.42 Å². The number of hydrogen-bond acceptors (Lipinski definition) is 4. The SMILES string of the molecule is CCN(CC)c1ccc2nc3cc(C)c(=N)cc-3oc2c1. The third-order valence-electron chi connectivity index (χ3n) is 3.84. The summed E-state index contributed by atoms with van der Waals surface area (Å²) in [4.78, 5) is 6.90. The third kappa shape index (κ3) is 2.37. The normalized spacial score (nSPS) is 11.2. The molecule has 0 bridgehead atoms. The lowest BCUT2D eigenvalue weighted by Gasteiger charge is -2.21. The Kier molecular flexibility index (Phi) is 3.37. The van der Waals surface area contributed by atoms with E-state index in [9.17, 15) is 0 Å². The molecule has 0 unspecified atom stereocenters. The molecular formula is C17H19N3O. The van der Waals surface area contributed by atoms with E-state index in [0.29, 0.717) is 11.1 Å². The molecule has 21 heavy (non-hydrogen) atoms. The van der Waals surface area contributed by atoms with Crippen LogP contribution in [0.1, 0.15) is 19.4 Å². The molecule has 1 N–H and O–H groups in total. The van der Waals surface area contributed by atoms with Crippen LogP contribution in [0.2, 0.25) is 0 Å². The molecule has 1 aliphatic carbocycles. The lowest BCUT2D eigenvalue weighted by Crippen LogP contribution is -2.21. The number of hydrogen-bond donors (Lipinski definition) is 1. The molecule has 1 aromatic carbocycles. The minimum Gasteiger partial charge on any atom is -0.453 e. The first-order valence-electron chi connectivity index (χ1n) is 7.27. The van der Waals surface area contributed by atoms with E-state index < -0.39 is 0 Å². The highest BCUT2D eigenvalue weighted by atomic mass is 16.3. The first kappa shape index (κ1) is 13.6. The number of nitrogens with one attached hydrogen (secondary N) is 1. The number of anilines is 1. The Labute approximate surface area is 123 Å². The molecule has 4 nitrogen and oxygen atoms in total. The quantitative estimate of drug-likeness (QED) is 0.747. The van der Waals surface area contributed by atoms with Crippen molar-refractivity contribution in [2.24, 2.45) is 0 Å². The van der Waals surface area contributed by atoms with Crippen LogP contribution in [-0.4, -0.2) is 18.1 Å². The van der Waals surface area contributed by atoms with Gasteiger partial charge >= 0.3 is 0 Å². The van der Waals surface area contributed by atoms with E-state index in [4.69, 9.17) is 9.83 Å². The Morgan fingerprint density at radius 1 is 1.14 bits per heavy atom. The molecule has 0 saturated heterocycles. The van der Waals surface area contributed by atoms with Gasteiger partial charge in [-0.25, -0.2) is 4.98 Å². The van der Waals surface area contributed by atoms with Crippen LogP contribution in [0, 0.1) is 12.3 Å². The highest BCUT2D eigenvalue weighted by Crippen LogP contribution is 2.27. The van der Waals surface area contributed by atoms with Gasteiger partial charge in [-0.3, -0.25) is 0 Å². The number of nitrogens with zero attached hydrogens (tertiary/aromatic N) is 2. The van der Waals surface area contributed by atoms with Crippen LogP contribution in [0.3, 0.4) is 0 Å². The molecule has 2 aliphatic rings. The topological polar surface area (TPSA) is 53.1 Å². The molecule has 1 aliphatic heterocycles. The second kappa shape index (κ2) is 5.20. The van der Waals surface area contributed by atoms with Gasteiger partial charge in [0.15, 0.2) is 11.3 Å². The average molecular weight is 281 g/mol. The molecular weight excluding hydrogens is 262 g/mol. The van der Waals surface area contributed by atoms with Crippen molar-refractivity contribution in [2.75, 3.05) is 18.0 Å². The summed E-state index contributed by atoms with van der Waals surface area (Å²) in [5, 5.41) is 8.36. The first-order chi connectivity index (χ1) is 10.1. The molecule has 0 spiro atoms. The van der Waals surface area contributed by atoms with Gasteiger partial charge in [0.25, 0.3) is 0 Å². The zero-order valence-corrected chi connectivity index (χ0v) is 12.6. The standard InChI is InChI=1S/C17H19N3O/c1-4-20(5-2)12-6-7-14-16(9-12)21-17-10-13(18)11(3)8-15(17)19-14/h6-10,18H,4-5H2,1-3H3. The van der Waals surface area contributed by atoms with Gasteiger partial charge in [0, 0.05) is 30.9 Å². The molecule has 0 radical (unpaired) electrons. The molecule has 1 aromatic rings. The van der Waals surface area contributed by atoms with Crippen LogP contribution in [0.4, 0.5) is 5.69 Å². The Morgan fingerprint density at radius 3 is 2.62 bits per heavy atom. The van der Waals surface area contributed by atoms with Crippen LogP contribution in [0.5, 0.6) is 0 Å². The maximum atomic E-state index is 7.88. The van der Waals surface area contributed by atoms with Crippen molar-refractivity contribution in [3.63, 3.8) is 0 Å². The van der Waals surface area contributed by atoms with E-state index in [1.54, 1.807) is 6.07 Å². The molecule has 3 rings (SSSR count). The predicted molar refractivity (Wildman–Crippen MR) is 84.8 cm³/mol. The van der Waals surface area contributed by atoms with Crippen molar-refractivity contribution in [1.29, 1.82) is 5.41 Å².